The van der Waals surface area contributed by atoms with Gasteiger partial charge >= 0.3 is 5.97 Å². The maximum atomic E-state index is 11.5. The molecule has 1 aromatic carbocycles. The fourth-order valence-electron chi connectivity index (χ4n) is 2.07. The number of aromatic nitrogens is 2. The number of hydrogen-bond donors (Lipinski definition) is 2. The van der Waals surface area contributed by atoms with Crippen molar-refractivity contribution in [3.63, 3.8) is 0 Å². The fourth-order valence-corrected chi connectivity index (χ4v) is 2.07. The minimum Gasteiger partial charge on any atom is -0.478 e. The Labute approximate surface area is 115 Å². The second-order valence-corrected chi connectivity index (χ2v) is 4.41. The van der Waals surface area contributed by atoms with Crippen molar-refractivity contribution in [2.45, 2.75) is 19.8 Å². The molecule has 0 radical (unpaired) electrons. The second-order valence-electron chi connectivity index (χ2n) is 4.41. The molecule has 0 aliphatic rings. The lowest BCUT2D eigenvalue weighted by atomic mass is 10.1. The van der Waals surface area contributed by atoms with E-state index in [1.54, 1.807) is 6.07 Å². The number of primary amides is 1. The molecule has 0 bridgehead atoms. The molecule has 6 nitrogen and oxygen atoms in total. The van der Waals surface area contributed by atoms with Gasteiger partial charge in [0.05, 0.1) is 11.9 Å². The highest BCUT2D eigenvalue weighted by molar-refractivity contribution is 6.03. The van der Waals surface area contributed by atoms with Crippen LogP contribution in [0.3, 0.4) is 0 Å². The molecule has 1 amide bonds. The zero-order valence-electron chi connectivity index (χ0n) is 11.0. The lowest BCUT2D eigenvalue weighted by Gasteiger charge is -2.07. The summed E-state index contributed by atoms with van der Waals surface area (Å²) in [6.07, 6.45) is 3.02. The van der Waals surface area contributed by atoms with Crippen LogP contribution >= 0.6 is 0 Å². The number of hydrogen-bond acceptors (Lipinski definition) is 3. The van der Waals surface area contributed by atoms with E-state index in [9.17, 15) is 9.59 Å². The zero-order valence-corrected chi connectivity index (χ0v) is 11.0. The third kappa shape index (κ3) is 2.54. The standard InChI is InChI=1S/C14H15N3O3/c1-2-4-9-5-3-6-10(7-9)17-12(13(15)18)11(8-16-17)14(19)20/h3,5-8H,2,4H2,1H3,(H2,15,18)(H,19,20). The molecular weight excluding hydrogens is 258 g/mol. The van der Waals surface area contributed by atoms with E-state index in [4.69, 9.17) is 10.8 Å². The first-order valence-corrected chi connectivity index (χ1v) is 6.25. The molecule has 0 aliphatic heterocycles. The summed E-state index contributed by atoms with van der Waals surface area (Å²) < 4.78 is 1.27. The number of carboxylic acids is 1. The molecule has 20 heavy (non-hydrogen) atoms. The van der Waals surface area contributed by atoms with E-state index in [1.807, 2.05) is 18.2 Å². The normalized spacial score (nSPS) is 10.4. The average molecular weight is 273 g/mol. The van der Waals surface area contributed by atoms with Crippen LogP contribution in [-0.2, 0) is 6.42 Å². The van der Waals surface area contributed by atoms with Crippen molar-refractivity contribution in [3.05, 3.63) is 47.3 Å². The highest BCUT2D eigenvalue weighted by atomic mass is 16.4. The predicted octanol–water partition coefficient (Wildman–Crippen LogP) is 1.62. The molecule has 2 aromatic rings. The van der Waals surface area contributed by atoms with Crippen molar-refractivity contribution in [1.29, 1.82) is 0 Å². The molecule has 0 atom stereocenters. The summed E-state index contributed by atoms with van der Waals surface area (Å²) in [4.78, 5) is 22.6. The van der Waals surface area contributed by atoms with Crippen molar-refractivity contribution in [3.8, 4) is 5.69 Å². The largest absolute Gasteiger partial charge is 0.478 e. The number of amides is 1. The smallest absolute Gasteiger partial charge is 0.339 e. The molecule has 6 heteroatoms. The molecule has 0 saturated heterocycles. The van der Waals surface area contributed by atoms with E-state index in [-0.39, 0.29) is 11.3 Å². The number of benzene rings is 1. The van der Waals surface area contributed by atoms with Crippen molar-refractivity contribution in [2.24, 2.45) is 5.73 Å². The zero-order chi connectivity index (χ0) is 14.7. The Morgan fingerprint density at radius 1 is 1.40 bits per heavy atom. The van der Waals surface area contributed by atoms with Gasteiger partial charge in [-0.05, 0) is 24.1 Å². The number of carbonyl (C=O) groups excluding carboxylic acids is 1. The summed E-state index contributed by atoms with van der Waals surface area (Å²) in [6, 6.07) is 7.44. The number of rotatable bonds is 5. The minimum atomic E-state index is -1.23. The summed E-state index contributed by atoms with van der Waals surface area (Å²) in [6.45, 7) is 2.07. The quantitative estimate of drug-likeness (QED) is 0.864. The van der Waals surface area contributed by atoms with Gasteiger partial charge in [0.15, 0.2) is 0 Å². The number of nitrogens with zero attached hydrogens (tertiary/aromatic N) is 2. The third-order valence-electron chi connectivity index (χ3n) is 2.93. The van der Waals surface area contributed by atoms with Gasteiger partial charge in [0, 0.05) is 0 Å². The Balaban J connectivity index is 2.55. The molecule has 0 unspecified atom stereocenters. The van der Waals surface area contributed by atoms with Crippen LogP contribution in [0.2, 0.25) is 0 Å². The van der Waals surface area contributed by atoms with Crippen LogP contribution in [0, 0.1) is 0 Å². The molecule has 0 fully saturated rings. The summed E-state index contributed by atoms with van der Waals surface area (Å²) in [5, 5.41) is 13.0. The predicted molar refractivity (Wildman–Crippen MR) is 73.0 cm³/mol. The van der Waals surface area contributed by atoms with Crippen molar-refractivity contribution in [1.82, 2.24) is 9.78 Å². The van der Waals surface area contributed by atoms with Crippen molar-refractivity contribution >= 4 is 11.9 Å². The summed E-state index contributed by atoms with van der Waals surface area (Å²) in [7, 11) is 0. The summed E-state index contributed by atoms with van der Waals surface area (Å²) in [5.74, 6) is -2.05. The molecule has 3 N–H and O–H groups in total. The molecule has 0 saturated carbocycles. The lowest BCUT2D eigenvalue weighted by molar-refractivity contribution is 0.0692. The van der Waals surface area contributed by atoms with Crippen LogP contribution < -0.4 is 5.73 Å². The van der Waals surface area contributed by atoms with Gasteiger partial charge in [0.2, 0.25) is 0 Å². The number of carboxylic acid groups (broad SMARTS) is 1. The highest BCUT2D eigenvalue weighted by Gasteiger charge is 2.21. The molecule has 2 rings (SSSR count). The van der Waals surface area contributed by atoms with Gasteiger partial charge in [-0.1, -0.05) is 25.5 Å². The van der Waals surface area contributed by atoms with Crippen molar-refractivity contribution < 1.29 is 14.7 Å². The minimum absolute atomic E-state index is 0.119. The van der Waals surface area contributed by atoms with Crippen molar-refractivity contribution in [2.75, 3.05) is 0 Å². The van der Waals surface area contributed by atoms with E-state index in [0.29, 0.717) is 5.69 Å². The van der Waals surface area contributed by atoms with Gasteiger partial charge in [-0.25, -0.2) is 9.48 Å². The topological polar surface area (TPSA) is 98.2 Å². The maximum absolute atomic E-state index is 11.5. The van der Waals surface area contributed by atoms with E-state index < -0.39 is 11.9 Å². The summed E-state index contributed by atoms with van der Waals surface area (Å²) in [5.41, 5.74) is 6.67. The van der Waals surface area contributed by atoms with Crippen LogP contribution in [0.15, 0.2) is 30.5 Å². The molecule has 1 aromatic heterocycles. The maximum Gasteiger partial charge on any atom is 0.339 e. The van der Waals surface area contributed by atoms with Gasteiger partial charge in [-0.3, -0.25) is 4.79 Å². The van der Waals surface area contributed by atoms with Crippen LogP contribution in [-0.4, -0.2) is 26.8 Å². The molecule has 0 aliphatic carbocycles. The van der Waals surface area contributed by atoms with Gasteiger partial charge in [0.25, 0.3) is 5.91 Å². The average Bonchev–Trinajstić information content (AvgIpc) is 2.84. The number of aryl methyl sites for hydroxylation is 1. The van der Waals surface area contributed by atoms with E-state index in [1.165, 1.54) is 4.68 Å². The van der Waals surface area contributed by atoms with Gasteiger partial charge in [-0.15, -0.1) is 0 Å². The SMILES string of the molecule is CCCc1cccc(-n2ncc(C(=O)O)c2C(N)=O)c1. The van der Waals surface area contributed by atoms with Gasteiger partial charge < -0.3 is 10.8 Å². The number of carbonyl (C=O) groups is 2. The van der Waals surface area contributed by atoms with Crippen LogP contribution in [0.25, 0.3) is 5.69 Å². The van der Waals surface area contributed by atoms with Crippen LogP contribution in [0.1, 0.15) is 39.8 Å². The summed E-state index contributed by atoms with van der Waals surface area (Å²) >= 11 is 0. The molecule has 1 heterocycles. The second kappa shape index (κ2) is 5.56. The Morgan fingerprint density at radius 3 is 2.75 bits per heavy atom. The van der Waals surface area contributed by atoms with E-state index >= 15 is 0 Å². The molecular formula is C14H15N3O3. The monoisotopic (exact) mass is 273 g/mol. The number of nitrogens with two attached hydrogens (primary N) is 1. The first kappa shape index (κ1) is 13.8. The van der Waals surface area contributed by atoms with Crippen LogP contribution in [0.5, 0.6) is 0 Å². The van der Waals surface area contributed by atoms with Crippen LogP contribution in [0.4, 0.5) is 0 Å². The van der Waals surface area contributed by atoms with Gasteiger partial charge in [-0.2, -0.15) is 5.10 Å². The molecule has 0 spiro atoms. The first-order chi connectivity index (χ1) is 9.54. The first-order valence-electron chi connectivity index (χ1n) is 6.25. The lowest BCUT2D eigenvalue weighted by Crippen LogP contribution is -2.20. The Morgan fingerprint density at radius 2 is 2.15 bits per heavy atom. The van der Waals surface area contributed by atoms with E-state index in [0.717, 1.165) is 24.6 Å². The highest BCUT2D eigenvalue weighted by Crippen LogP contribution is 2.17. The van der Waals surface area contributed by atoms with E-state index in [2.05, 4.69) is 12.0 Å². The fraction of sp³-hybridized carbons (Fsp3) is 0.214. The van der Waals surface area contributed by atoms with Gasteiger partial charge in [0.1, 0.15) is 11.3 Å². The number of aromatic carboxylic acids is 1. The Kier molecular flexibility index (Phi) is 3.84. The Hall–Kier alpha value is -2.63. The Bertz CT molecular complexity index is 661. The molecule has 104 valence electrons. The third-order valence-corrected chi connectivity index (χ3v) is 2.93.